The van der Waals surface area contributed by atoms with Gasteiger partial charge in [-0.1, -0.05) is 28.1 Å². The van der Waals surface area contributed by atoms with Crippen molar-refractivity contribution >= 4 is 49.2 Å². The Morgan fingerprint density at radius 1 is 1.05 bits per heavy atom. The number of rotatable bonds is 10. The molecule has 1 heterocycles. The summed E-state index contributed by atoms with van der Waals surface area (Å²) >= 11 is 3.42. The van der Waals surface area contributed by atoms with Crippen molar-refractivity contribution in [3.8, 4) is 16.9 Å². The second kappa shape index (κ2) is 12.1. The van der Waals surface area contributed by atoms with Crippen LogP contribution < -0.4 is 5.32 Å². The van der Waals surface area contributed by atoms with Crippen LogP contribution in [-0.2, 0) is 19.5 Å². The van der Waals surface area contributed by atoms with Crippen molar-refractivity contribution in [1.29, 1.82) is 0 Å². The fourth-order valence-electron chi connectivity index (χ4n) is 3.61. The van der Waals surface area contributed by atoms with Crippen LogP contribution in [0.15, 0.2) is 94.4 Å². The van der Waals surface area contributed by atoms with E-state index in [-0.39, 0.29) is 10.7 Å². The van der Waals surface area contributed by atoms with Crippen molar-refractivity contribution in [3.05, 3.63) is 111 Å². The predicted octanol–water partition coefficient (Wildman–Crippen LogP) is 4.75. The Morgan fingerprint density at radius 2 is 1.70 bits per heavy atom. The fraction of sp³-hybridized carbons (Fsp3) is 0.0741. The summed E-state index contributed by atoms with van der Waals surface area (Å²) in [5.41, 5.74) is 3.40. The van der Waals surface area contributed by atoms with Gasteiger partial charge in [-0.15, -0.1) is 10.1 Å². The quantitative estimate of drug-likeness (QED) is 0.115. The number of nitrogens with zero attached hydrogens (tertiary/aromatic N) is 3. The highest BCUT2D eigenvalue weighted by Crippen LogP contribution is 2.27. The van der Waals surface area contributed by atoms with E-state index in [0.717, 1.165) is 16.3 Å². The molecule has 0 aliphatic carbocycles. The zero-order valence-corrected chi connectivity index (χ0v) is 23.3. The summed E-state index contributed by atoms with van der Waals surface area (Å²) in [7, 11) is -3.34. The Kier molecular flexibility index (Phi) is 8.55. The number of anilines is 1. The molecule has 0 saturated heterocycles. The second-order valence-electron chi connectivity index (χ2n) is 8.47. The van der Waals surface area contributed by atoms with Crippen molar-refractivity contribution in [2.24, 2.45) is 0 Å². The van der Waals surface area contributed by atoms with Gasteiger partial charge in [0.15, 0.2) is 22.2 Å². The highest BCUT2D eigenvalue weighted by atomic mass is 79.9. The molecule has 13 heteroatoms. The lowest BCUT2D eigenvalue weighted by Gasteiger charge is -2.05. The first-order chi connectivity index (χ1) is 19.0. The molecule has 0 radical (unpaired) electrons. The molecule has 1 N–H and O–H groups in total. The van der Waals surface area contributed by atoms with Gasteiger partial charge in [-0.25, -0.2) is 13.1 Å². The highest BCUT2D eigenvalue weighted by Gasteiger charge is 2.13. The number of amides is 1. The van der Waals surface area contributed by atoms with E-state index in [1.54, 1.807) is 29.1 Å². The van der Waals surface area contributed by atoms with E-state index in [1.165, 1.54) is 42.5 Å². The molecule has 0 bridgehead atoms. The third kappa shape index (κ3) is 7.27. The van der Waals surface area contributed by atoms with Gasteiger partial charge < -0.3 is 10.2 Å². The molecule has 11 nitrogen and oxygen atoms in total. The maximum absolute atomic E-state index is 12.9. The fourth-order valence-corrected chi connectivity index (χ4v) is 4.50. The van der Waals surface area contributed by atoms with Gasteiger partial charge in [0, 0.05) is 39.3 Å². The molecular weight excluding hydrogens is 604 g/mol. The van der Waals surface area contributed by atoms with Gasteiger partial charge in [-0.3, -0.25) is 9.59 Å². The monoisotopic (exact) mass is 624 g/mol. The van der Waals surface area contributed by atoms with Crippen LogP contribution in [0.3, 0.4) is 0 Å². The van der Waals surface area contributed by atoms with Crippen molar-refractivity contribution < 1.29 is 27.9 Å². The molecule has 0 atom stereocenters. The Hall–Kier alpha value is -4.62. The van der Waals surface area contributed by atoms with Gasteiger partial charge in [-0.05, 0) is 72.8 Å². The van der Waals surface area contributed by atoms with Gasteiger partial charge in [0.25, 0.3) is 5.09 Å². The van der Waals surface area contributed by atoms with Gasteiger partial charge in [0.05, 0.1) is 16.3 Å². The van der Waals surface area contributed by atoms with E-state index < -0.39 is 27.4 Å². The Morgan fingerprint density at radius 3 is 2.30 bits per heavy atom. The summed E-state index contributed by atoms with van der Waals surface area (Å²) in [6.07, 6.45) is 5.91. The summed E-state index contributed by atoms with van der Waals surface area (Å²) in [6, 6.07) is 19.8. The topological polar surface area (TPSA) is 150 Å². The molecule has 4 rings (SSSR count). The SMILES string of the molecule is CS(=O)(=O)c1ccc(-n2cc(/C=C/C(=O)c3ccc(NC(=O)CO[N+](=O)[O-])cc3)c(-c3ccc(Br)cc3)n2)cc1. The normalized spacial score (nSPS) is 11.3. The van der Waals surface area contributed by atoms with Crippen molar-refractivity contribution in [1.82, 2.24) is 9.78 Å². The zero-order chi connectivity index (χ0) is 28.9. The molecule has 1 aromatic heterocycles. The molecule has 4 aromatic rings. The number of carbonyl (C=O) groups is 2. The summed E-state index contributed by atoms with van der Waals surface area (Å²) in [4.78, 5) is 39.0. The number of sulfone groups is 1. The van der Waals surface area contributed by atoms with Crippen LogP contribution in [0.4, 0.5) is 5.69 Å². The number of ketones is 1. The number of nitrogens with one attached hydrogen (secondary N) is 1. The maximum Gasteiger partial charge on any atom is 0.295 e. The standard InChI is InChI=1S/C27H21BrN4O7S/c1-40(37,38)24-13-11-23(12-14-24)31-16-20(27(30-31)19-2-7-21(28)8-3-19)6-15-25(33)18-4-9-22(10-5-18)29-26(34)17-39-32(35)36/h2-16H,17H2,1H3,(H,29,34)/b15-6+. The van der Waals surface area contributed by atoms with Crippen LogP contribution >= 0.6 is 15.9 Å². The third-order valence-corrected chi connectivity index (χ3v) is 7.22. The van der Waals surface area contributed by atoms with Gasteiger partial charge in [-0.2, -0.15) is 5.10 Å². The Bertz CT molecular complexity index is 1700. The third-order valence-electron chi connectivity index (χ3n) is 5.56. The first-order valence-corrected chi connectivity index (χ1v) is 14.2. The Labute approximate surface area is 237 Å². The van der Waals surface area contributed by atoms with Crippen LogP contribution in [0, 0.1) is 10.1 Å². The lowest BCUT2D eigenvalue weighted by atomic mass is 10.1. The lowest BCUT2D eigenvalue weighted by Crippen LogP contribution is -2.20. The molecule has 0 spiro atoms. The minimum absolute atomic E-state index is 0.192. The van der Waals surface area contributed by atoms with Crippen molar-refractivity contribution in [3.63, 3.8) is 0 Å². The first kappa shape index (κ1) is 28.4. The number of allylic oxidation sites excluding steroid dienone is 1. The van der Waals surface area contributed by atoms with Crippen LogP contribution in [-0.4, -0.2) is 47.8 Å². The smallest absolute Gasteiger partial charge is 0.295 e. The average Bonchev–Trinajstić information content (AvgIpc) is 3.35. The average molecular weight is 625 g/mol. The molecular formula is C27H21BrN4O7S. The van der Waals surface area contributed by atoms with Gasteiger partial charge in [0.1, 0.15) is 0 Å². The number of halogens is 1. The summed E-state index contributed by atoms with van der Waals surface area (Å²) in [6.45, 7) is -0.743. The van der Waals surface area contributed by atoms with E-state index in [1.807, 2.05) is 24.3 Å². The largest absolute Gasteiger partial charge is 0.324 e. The van der Waals surface area contributed by atoms with Gasteiger partial charge >= 0.3 is 0 Å². The van der Waals surface area contributed by atoms with Crippen molar-refractivity contribution in [2.75, 3.05) is 18.2 Å². The number of hydrogen-bond acceptors (Lipinski definition) is 8. The van der Waals surface area contributed by atoms with E-state index in [0.29, 0.717) is 28.2 Å². The first-order valence-electron chi connectivity index (χ1n) is 11.6. The van der Waals surface area contributed by atoms with Crippen LogP contribution in [0.5, 0.6) is 0 Å². The summed E-state index contributed by atoms with van der Waals surface area (Å²) in [5, 5.41) is 16.3. The van der Waals surface area contributed by atoms with Crippen LogP contribution in [0.2, 0.25) is 0 Å². The van der Waals surface area contributed by atoms with Crippen LogP contribution in [0.1, 0.15) is 15.9 Å². The number of aromatic nitrogens is 2. The van der Waals surface area contributed by atoms with Gasteiger partial charge in [0.2, 0.25) is 5.91 Å². The molecule has 40 heavy (non-hydrogen) atoms. The highest BCUT2D eigenvalue weighted by molar-refractivity contribution is 9.10. The zero-order valence-electron chi connectivity index (χ0n) is 20.9. The Balaban J connectivity index is 1.57. The lowest BCUT2D eigenvalue weighted by molar-refractivity contribution is -0.754. The minimum Gasteiger partial charge on any atom is -0.324 e. The summed E-state index contributed by atoms with van der Waals surface area (Å²) in [5.74, 6) is -1.01. The minimum atomic E-state index is -3.34. The van der Waals surface area contributed by atoms with Crippen LogP contribution in [0.25, 0.3) is 23.0 Å². The number of benzene rings is 3. The van der Waals surface area contributed by atoms with E-state index >= 15 is 0 Å². The van der Waals surface area contributed by atoms with E-state index in [9.17, 15) is 28.1 Å². The second-order valence-corrected chi connectivity index (χ2v) is 11.4. The molecule has 0 fully saturated rings. The summed E-state index contributed by atoms with van der Waals surface area (Å²) < 4.78 is 26.1. The molecule has 3 aromatic carbocycles. The predicted molar refractivity (Wildman–Crippen MR) is 151 cm³/mol. The molecule has 1 amide bonds. The molecule has 0 aliphatic heterocycles. The number of hydrogen-bond donors (Lipinski definition) is 1. The molecule has 0 aliphatic rings. The maximum atomic E-state index is 12.9. The molecule has 0 saturated carbocycles. The van der Waals surface area contributed by atoms with E-state index in [4.69, 9.17) is 0 Å². The van der Waals surface area contributed by atoms with Crippen molar-refractivity contribution in [2.45, 2.75) is 4.90 Å². The molecule has 204 valence electrons. The molecule has 0 unspecified atom stereocenters. The van der Waals surface area contributed by atoms with E-state index in [2.05, 4.69) is 31.2 Å². The number of carbonyl (C=O) groups excluding carboxylic acids is 2.